The number of hydrogen-bond donors (Lipinski definition) is 3. The van der Waals surface area contributed by atoms with Gasteiger partial charge in [-0.25, -0.2) is 0 Å². The van der Waals surface area contributed by atoms with Crippen LogP contribution < -0.4 is 5.32 Å². The van der Waals surface area contributed by atoms with Gasteiger partial charge in [0.15, 0.2) is 20.7 Å². The number of aryl methyl sites for hydroxylation is 2. The number of aliphatic hydroxyl groups excluding tert-OH is 2. The van der Waals surface area contributed by atoms with E-state index in [1.807, 2.05) is 24.3 Å². The molecule has 1 unspecified atom stereocenters. The highest BCUT2D eigenvalue weighted by molar-refractivity contribution is 6.74. The number of benzene rings is 2. The van der Waals surface area contributed by atoms with Crippen molar-refractivity contribution in [2.75, 3.05) is 6.61 Å². The number of hydrogen-bond acceptors (Lipinski definition) is 9. The summed E-state index contributed by atoms with van der Waals surface area (Å²) >= 11 is 12.0. The molecule has 1 aliphatic heterocycles. The SMILES string of the molecule is CCCCCCCCCCC[C@@H](CC(=O)N[C@H]1C(O)O[C@H](CO[Si](C)(C)C(C)(C)C)[C@@H](O)[C@@H]1OC(=O)CCCCCCCCc1ccc(Cl)cc1)OC(=O)CCCCCCCCc1ccc(Cl)cc1. The number of aliphatic hydroxyl groups is 2. The third-order valence-corrected chi connectivity index (χ3v) is 19.1. The summed E-state index contributed by atoms with van der Waals surface area (Å²) < 4.78 is 24.2. The first-order chi connectivity index (χ1) is 33.0. The summed E-state index contributed by atoms with van der Waals surface area (Å²) in [6.07, 6.45) is 18.9. The van der Waals surface area contributed by atoms with Crippen LogP contribution in [-0.4, -0.2) is 79.7 Å². The quantitative estimate of drug-likeness (QED) is 0.0346. The molecule has 6 atom stereocenters. The molecule has 392 valence electrons. The van der Waals surface area contributed by atoms with Gasteiger partial charge >= 0.3 is 11.9 Å². The van der Waals surface area contributed by atoms with Gasteiger partial charge in [-0.15, -0.1) is 0 Å². The van der Waals surface area contributed by atoms with Crippen LogP contribution in [0.2, 0.25) is 28.2 Å². The summed E-state index contributed by atoms with van der Waals surface area (Å²) in [6.45, 7) is 12.7. The highest BCUT2D eigenvalue weighted by Crippen LogP contribution is 2.37. The number of halogens is 2. The average Bonchev–Trinajstić information content (AvgIpc) is 3.30. The minimum atomic E-state index is -2.28. The first kappa shape index (κ1) is 60.8. The monoisotopic (exact) mass is 1020 g/mol. The van der Waals surface area contributed by atoms with E-state index < -0.39 is 56.9 Å². The van der Waals surface area contributed by atoms with Crippen LogP contribution in [-0.2, 0) is 45.9 Å². The van der Waals surface area contributed by atoms with Gasteiger partial charge in [0.2, 0.25) is 5.91 Å². The number of rotatable bonds is 36. The Morgan fingerprint density at radius 2 is 1.12 bits per heavy atom. The fourth-order valence-electron chi connectivity index (χ4n) is 8.58. The molecule has 0 aliphatic carbocycles. The van der Waals surface area contributed by atoms with E-state index in [0.29, 0.717) is 12.8 Å². The van der Waals surface area contributed by atoms with Crippen LogP contribution in [0.3, 0.4) is 0 Å². The van der Waals surface area contributed by atoms with Crippen molar-refractivity contribution in [1.29, 1.82) is 0 Å². The van der Waals surface area contributed by atoms with Gasteiger partial charge in [0, 0.05) is 22.9 Å². The van der Waals surface area contributed by atoms with Gasteiger partial charge in [0.05, 0.1) is 13.0 Å². The maximum atomic E-state index is 13.9. The molecule has 0 bridgehead atoms. The van der Waals surface area contributed by atoms with Crippen LogP contribution in [0.1, 0.15) is 199 Å². The molecule has 3 N–H and O–H groups in total. The number of unbranched alkanes of at least 4 members (excludes halogenated alkanes) is 18. The number of carbonyl (C=O) groups is 3. The zero-order valence-corrected chi connectivity index (χ0v) is 45.9. The third-order valence-electron chi connectivity index (χ3n) is 14.1. The van der Waals surface area contributed by atoms with Crippen LogP contribution in [0.15, 0.2) is 48.5 Å². The second-order valence-corrected chi connectivity index (χ2v) is 26.8. The predicted molar refractivity (Wildman–Crippen MR) is 283 cm³/mol. The number of ether oxygens (including phenoxy) is 3. The lowest BCUT2D eigenvalue weighted by atomic mass is 9.96. The van der Waals surface area contributed by atoms with E-state index in [1.54, 1.807) is 0 Å². The van der Waals surface area contributed by atoms with E-state index in [0.717, 1.165) is 119 Å². The van der Waals surface area contributed by atoms with Crippen molar-refractivity contribution in [2.24, 2.45) is 0 Å². The highest BCUT2D eigenvalue weighted by Gasteiger charge is 2.49. The fraction of sp³-hybridized carbons (Fsp3) is 0.732. The van der Waals surface area contributed by atoms with Crippen molar-refractivity contribution in [3.05, 3.63) is 69.7 Å². The van der Waals surface area contributed by atoms with E-state index in [4.69, 9.17) is 41.8 Å². The first-order valence-corrected chi connectivity index (χ1v) is 30.5. The number of carbonyl (C=O) groups excluding carboxylic acids is 3. The molecule has 2 aromatic rings. The Kier molecular flexibility index (Phi) is 30.0. The zero-order chi connectivity index (χ0) is 50.5. The minimum absolute atomic E-state index is 0.0114. The lowest BCUT2D eigenvalue weighted by molar-refractivity contribution is -0.258. The van der Waals surface area contributed by atoms with Gasteiger partial charge in [-0.3, -0.25) is 14.4 Å². The number of esters is 2. The molecule has 2 aromatic carbocycles. The normalized spacial score (nSPS) is 19.0. The van der Waals surface area contributed by atoms with Crippen LogP contribution >= 0.6 is 23.2 Å². The maximum absolute atomic E-state index is 13.9. The second kappa shape index (κ2) is 34.0. The standard InChI is InChI=1S/C56H91Cl2NO9Si/c1-7-8-9-10-11-12-13-20-25-30-47(66-50(61)31-26-21-16-14-18-23-28-43-33-37-45(57)38-34-43)41-49(60)59-52-54(53(63)48(67-55(52)64)42-65-69(5,6)56(2,3)4)68-51(62)32-27-22-17-15-19-24-29-44-35-39-46(58)40-36-44/h33-40,47-48,52-55,63-64H,7-32,41-42H2,1-6H3,(H,59,60)/t47-,48+,52+,53+,54+,55?/m0/s1. The molecule has 0 radical (unpaired) electrons. The van der Waals surface area contributed by atoms with E-state index in [-0.39, 0.29) is 36.9 Å². The summed E-state index contributed by atoms with van der Waals surface area (Å²) in [5, 5.41) is 27.3. The predicted octanol–water partition coefficient (Wildman–Crippen LogP) is 14.0. The van der Waals surface area contributed by atoms with E-state index >= 15 is 0 Å². The average molecular weight is 1020 g/mol. The molecule has 1 heterocycles. The van der Waals surface area contributed by atoms with Crippen molar-refractivity contribution in [1.82, 2.24) is 5.32 Å². The van der Waals surface area contributed by atoms with Gasteiger partial charge in [-0.1, -0.05) is 178 Å². The summed E-state index contributed by atoms with van der Waals surface area (Å²) in [6, 6.07) is 14.7. The summed E-state index contributed by atoms with van der Waals surface area (Å²) in [5.74, 6) is -1.33. The topological polar surface area (TPSA) is 141 Å². The summed E-state index contributed by atoms with van der Waals surface area (Å²) in [5.41, 5.74) is 2.56. The van der Waals surface area contributed by atoms with Gasteiger partial charge < -0.3 is 34.2 Å². The Morgan fingerprint density at radius 3 is 1.61 bits per heavy atom. The summed E-state index contributed by atoms with van der Waals surface area (Å²) in [7, 11) is -2.28. The molecule has 0 aromatic heterocycles. The zero-order valence-electron chi connectivity index (χ0n) is 43.4. The smallest absolute Gasteiger partial charge is 0.306 e. The molecule has 1 saturated heterocycles. The largest absolute Gasteiger partial charge is 0.462 e. The maximum Gasteiger partial charge on any atom is 0.306 e. The number of amides is 1. The van der Waals surface area contributed by atoms with E-state index in [1.165, 1.54) is 43.2 Å². The summed E-state index contributed by atoms with van der Waals surface area (Å²) in [4.78, 5) is 40.5. The molecule has 3 rings (SSSR count). The van der Waals surface area contributed by atoms with Crippen LogP contribution in [0.25, 0.3) is 0 Å². The molecule has 69 heavy (non-hydrogen) atoms. The van der Waals surface area contributed by atoms with Crippen molar-refractivity contribution in [3.63, 3.8) is 0 Å². The van der Waals surface area contributed by atoms with Crippen molar-refractivity contribution in [3.8, 4) is 0 Å². The molecule has 1 fully saturated rings. The van der Waals surface area contributed by atoms with Crippen LogP contribution in [0.4, 0.5) is 0 Å². The molecule has 1 amide bonds. The van der Waals surface area contributed by atoms with Crippen molar-refractivity contribution >= 4 is 49.4 Å². The molecule has 13 heteroatoms. The minimum Gasteiger partial charge on any atom is -0.462 e. The first-order valence-electron chi connectivity index (χ1n) is 26.8. The van der Waals surface area contributed by atoms with Crippen LogP contribution in [0, 0.1) is 0 Å². The van der Waals surface area contributed by atoms with Crippen molar-refractivity contribution < 1.29 is 43.2 Å². The molecule has 10 nitrogen and oxygen atoms in total. The van der Waals surface area contributed by atoms with Gasteiger partial charge in [-0.05, 0) is 105 Å². The van der Waals surface area contributed by atoms with E-state index in [9.17, 15) is 24.6 Å². The molecular weight excluding hydrogens is 930 g/mol. The Hall–Kier alpha value is -2.51. The molecule has 0 saturated carbocycles. The fourth-order valence-corrected chi connectivity index (χ4v) is 9.84. The van der Waals surface area contributed by atoms with Gasteiger partial charge in [-0.2, -0.15) is 0 Å². The van der Waals surface area contributed by atoms with Gasteiger partial charge in [0.25, 0.3) is 0 Å². The Bertz CT molecular complexity index is 1710. The second-order valence-electron chi connectivity index (χ2n) is 21.1. The van der Waals surface area contributed by atoms with Crippen LogP contribution in [0.5, 0.6) is 0 Å². The lowest BCUT2D eigenvalue weighted by Gasteiger charge is -2.44. The Balaban J connectivity index is 1.57. The van der Waals surface area contributed by atoms with Crippen molar-refractivity contribution in [2.45, 2.75) is 256 Å². The lowest BCUT2D eigenvalue weighted by Crippen LogP contribution is -2.65. The third kappa shape index (κ3) is 25.6. The van der Waals surface area contributed by atoms with E-state index in [2.05, 4.69) is 70.4 Å². The Labute approximate surface area is 428 Å². The molecule has 1 aliphatic rings. The Morgan fingerprint density at radius 1 is 0.667 bits per heavy atom. The van der Waals surface area contributed by atoms with Gasteiger partial charge in [0.1, 0.15) is 24.4 Å². The molecule has 0 spiro atoms. The number of nitrogens with one attached hydrogen (secondary N) is 1. The molecular formula is C56H91Cl2NO9Si. The highest BCUT2D eigenvalue weighted by atomic mass is 35.5.